The Morgan fingerprint density at radius 3 is 2.80 bits per heavy atom. The number of methoxy groups -OCH3 is 2. The number of halogens is 1. The molecular weight excluding hydrogens is 288 g/mol. The van der Waals surface area contributed by atoms with Gasteiger partial charge in [-0.25, -0.2) is 0 Å². The summed E-state index contributed by atoms with van der Waals surface area (Å²) in [6.45, 7) is 2.19. The van der Waals surface area contributed by atoms with E-state index in [0.717, 1.165) is 0 Å². The van der Waals surface area contributed by atoms with Gasteiger partial charge in [0.15, 0.2) is 10.9 Å². The van der Waals surface area contributed by atoms with Crippen LogP contribution >= 0.6 is 11.6 Å². The third kappa shape index (κ3) is 3.94. The number of hydrogen-bond acceptors (Lipinski definition) is 7. The molecule has 7 nitrogen and oxygen atoms in total. The molecule has 0 fully saturated rings. The van der Waals surface area contributed by atoms with E-state index in [2.05, 4.69) is 15.0 Å². The summed E-state index contributed by atoms with van der Waals surface area (Å²) < 4.78 is 14.9. The average Bonchev–Trinajstić information content (AvgIpc) is 2.84. The Morgan fingerprint density at radius 2 is 2.25 bits per heavy atom. The predicted octanol–water partition coefficient (Wildman–Crippen LogP) is 2.04. The van der Waals surface area contributed by atoms with Gasteiger partial charge in [-0.15, -0.1) is 0 Å². The summed E-state index contributed by atoms with van der Waals surface area (Å²) >= 11 is 5.71. The molecule has 20 heavy (non-hydrogen) atoms. The first-order valence-corrected chi connectivity index (χ1v) is 6.32. The molecule has 1 aromatic rings. The van der Waals surface area contributed by atoms with E-state index in [1.165, 1.54) is 7.11 Å². The Hall–Kier alpha value is -1.60. The molecule has 0 radical (unpaired) electrons. The number of carbonyl (C=O) groups excluding carboxylic acids is 1. The molecule has 0 bridgehead atoms. The lowest BCUT2D eigenvalue weighted by atomic mass is 9.95. The van der Waals surface area contributed by atoms with Crippen molar-refractivity contribution < 1.29 is 24.0 Å². The van der Waals surface area contributed by atoms with Crippen LogP contribution in [-0.2, 0) is 14.3 Å². The third-order valence-electron chi connectivity index (χ3n) is 2.93. The summed E-state index contributed by atoms with van der Waals surface area (Å²) in [6, 6.07) is 0. The van der Waals surface area contributed by atoms with Crippen LogP contribution in [0.2, 0.25) is 0 Å². The Kier molecular flexibility index (Phi) is 6.47. The van der Waals surface area contributed by atoms with Crippen molar-refractivity contribution in [3.8, 4) is 0 Å². The standard InChI is InChI=1S/C12H17ClN2O5/c1-7-10(12(13)14-17)15-20-11(7)8(4-5-18-2)6-9(16)19-3/h8,17H,4-6H2,1-3H3/b14-12-. The van der Waals surface area contributed by atoms with Crippen molar-refractivity contribution in [2.24, 2.45) is 5.16 Å². The highest BCUT2D eigenvalue weighted by atomic mass is 35.5. The molecule has 0 aliphatic carbocycles. The van der Waals surface area contributed by atoms with Crippen molar-refractivity contribution in [1.82, 2.24) is 5.16 Å². The average molecular weight is 305 g/mol. The van der Waals surface area contributed by atoms with Gasteiger partial charge >= 0.3 is 5.97 Å². The second-order valence-corrected chi connectivity index (χ2v) is 4.53. The van der Waals surface area contributed by atoms with E-state index >= 15 is 0 Å². The largest absolute Gasteiger partial charge is 0.469 e. The van der Waals surface area contributed by atoms with Crippen LogP contribution in [-0.4, -0.2) is 42.3 Å². The predicted molar refractivity (Wildman–Crippen MR) is 71.3 cm³/mol. The molecule has 1 atom stereocenters. The number of oxime groups is 1. The Morgan fingerprint density at radius 1 is 1.55 bits per heavy atom. The van der Waals surface area contributed by atoms with Crippen molar-refractivity contribution in [2.75, 3.05) is 20.8 Å². The van der Waals surface area contributed by atoms with Crippen LogP contribution in [0.4, 0.5) is 0 Å². The monoisotopic (exact) mass is 304 g/mol. The lowest BCUT2D eigenvalue weighted by Gasteiger charge is -2.12. The van der Waals surface area contributed by atoms with Gasteiger partial charge in [-0.05, 0) is 13.3 Å². The number of esters is 1. The summed E-state index contributed by atoms with van der Waals surface area (Å²) in [5.41, 5.74) is 0.870. The summed E-state index contributed by atoms with van der Waals surface area (Å²) in [5.74, 6) is -0.0959. The molecule has 0 aliphatic rings. The van der Waals surface area contributed by atoms with E-state index in [-0.39, 0.29) is 29.2 Å². The molecule has 0 aromatic carbocycles. The van der Waals surface area contributed by atoms with Crippen LogP contribution in [0.25, 0.3) is 0 Å². The number of carbonyl (C=O) groups is 1. The minimum Gasteiger partial charge on any atom is -0.469 e. The normalized spacial score (nSPS) is 13.3. The topological polar surface area (TPSA) is 94.2 Å². The van der Waals surface area contributed by atoms with Crippen LogP contribution in [0.5, 0.6) is 0 Å². The van der Waals surface area contributed by atoms with Crippen LogP contribution in [0.3, 0.4) is 0 Å². The second kappa shape index (κ2) is 7.86. The van der Waals surface area contributed by atoms with Gasteiger partial charge in [0.1, 0.15) is 5.76 Å². The first kappa shape index (κ1) is 16.5. The Balaban J connectivity index is 3.01. The van der Waals surface area contributed by atoms with Crippen molar-refractivity contribution in [2.45, 2.75) is 25.7 Å². The van der Waals surface area contributed by atoms with E-state index in [1.54, 1.807) is 14.0 Å². The highest BCUT2D eigenvalue weighted by Gasteiger charge is 2.25. The lowest BCUT2D eigenvalue weighted by molar-refractivity contribution is -0.141. The number of rotatable bonds is 7. The maximum Gasteiger partial charge on any atom is 0.306 e. The van der Waals surface area contributed by atoms with E-state index in [9.17, 15) is 4.79 Å². The first-order chi connectivity index (χ1) is 9.54. The van der Waals surface area contributed by atoms with Crippen LogP contribution in [0.1, 0.15) is 35.8 Å². The Labute approximate surface area is 121 Å². The van der Waals surface area contributed by atoms with E-state index < -0.39 is 0 Å². The molecule has 0 saturated heterocycles. The van der Waals surface area contributed by atoms with Crippen molar-refractivity contribution >= 4 is 22.7 Å². The minimum absolute atomic E-state index is 0.142. The fourth-order valence-electron chi connectivity index (χ4n) is 1.84. The molecular formula is C12H17ClN2O5. The van der Waals surface area contributed by atoms with Gasteiger partial charge in [0.2, 0.25) is 0 Å². The number of nitrogens with zero attached hydrogens (tertiary/aromatic N) is 2. The summed E-state index contributed by atoms with van der Waals surface area (Å²) in [6.07, 6.45) is 0.707. The minimum atomic E-state index is -0.356. The van der Waals surface area contributed by atoms with Crippen LogP contribution in [0.15, 0.2) is 9.68 Å². The first-order valence-electron chi connectivity index (χ1n) is 5.95. The molecule has 1 rings (SSSR count). The van der Waals surface area contributed by atoms with E-state index in [0.29, 0.717) is 24.4 Å². The van der Waals surface area contributed by atoms with Crippen molar-refractivity contribution in [3.05, 3.63) is 17.0 Å². The fraction of sp³-hybridized carbons (Fsp3) is 0.583. The van der Waals surface area contributed by atoms with Crippen molar-refractivity contribution in [1.29, 1.82) is 0 Å². The molecule has 0 amide bonds. The molecule has 8 heteroatoms. The maximum atomic E-state index is 11.5. The number of ether oxygens (including phenoxy) is 2. The summed E-state index contributed by atoms with van der Waals surface area (Å²) in [4.78, 5) is 11.5. The molecule has 1 aromatic heterocycles. The van der Waals surface area contributed by atoms with E-state index in [4.69, 9.17) is 26.1 Å². The molecule has 1 heterocycles. The molecule has 112 valence electrons. The smallest absolute Gasteiger partial charge is 0.306 e. The zero-order valence-electron chi connectivity index (χ0n) is 11.6. The van der Waals surface area contributed by atoms with Gasteiger partial charge < -0.3 is 19.2 Å². The van der Waals surface area contributed by atoms with Gasteiger partial charge in [-0.2, -0.15) is 0 Å². The quantitative estimate of drug-likeness (QED) is 0.358. The van der Waals surface area contributed by atoms with E-state index in [1.807, 2.05) is 0 Å². The Bertz CT molecular complexity index is 486. The summed E-state index contributed by atoms with van der Waals surface area (Å²) in [7, 11) is 2.90. The number of aromatic nitrogens is 1. The van der Waals surface area contributed by atoms with Crippen LogP contribution < -0.4 is 0 Å². The van der Waals surface area contributed by atoms with Gasteiger partial charge in [0.25, 0.3) is 0 Å². The summed E-state index contributed by atoms with van der Waals surface area (Å²) in [5, 5.41) is 15.1. The van der Waals surface area contributed by atoms with Gasteiger partial charge in [-0.1, -0.05) is 21.9 Å². The van der Waals surface area contributed by atoms with Crippen molar-refractivity contribution in [3.63, 3.8) is 0 Å². The van der Waals surface area contributed by atoms with Gasteiger partial charge in [0.05, 0.1) is 13.5 Å². The SMILES string of the molecule is COCCC(CC(=O)OC)c1onc(/C(Cl)=N/O)c1C. The highest BCUT2D eigenvalue weighted by molar-refractivity contribution is 6.69. The molecule has 0 aliphatic heterocycles. The van der Waals surface area contributed by atoms with Crippen LogP contribution in [0, 0.1) is 6.92 Å². The lowest BCUT2D eigenvalue weighted by Crippen LogP contribution is -2.11. The fourth-order valence-corrected chi connectivity index (χ4v) is 2.02. The molecule has 1 N–H and O–H groups in total. The molecule has 1 unspecified atom stereocenters. The zero-order chi connectivity index (χ0) is 15.1. The third-order valence-corrected chi connectivity index (χ3v) is 3.18. The highest BCUT2D eigenvalue weighted by Crippen LogP contribution is 2.29. The van der Waals surface area contributed by atoms with Gasteiger partial charge in [0, 0.05) is 25.2 Å². The second-order valence-electron chi connectivity index (χ2n) is 4.17. The van der Waals surface area contributed by atoms with Gasteiger partial charge in [-0.3, -0.25) is 4.79 Å². The molecule has 0 spiro atoms. The maximum absolute atomic E-state index is 11.5. The number of hydrogen-bond donors (Lipinski definition) is 1. The zero-order valence-corrected chi connectivity index (χ0v) is 12.3. The molecule has 0 saturated carbocycles.